The van der Waals surface area contributed by atoms with Crippen molar-refractivity contribution < 1.29 is 17.5 Å². The number of rotatable bonds is 3. The molecule has 1 aromatic carbocycles. The average Bonchev–Trinajstić information content (AvgIpc) is 2.57. The SMILES string of the molecule is C[C@H](N)c1ccc(F)cc1OC1CCS(=O)(=O)C1. The molecule has 1 fully saturated rings. The standard InChI is InChI=1S/C12H16FNO3S/c1-8(14)11-3-2-9(13)6-12(11)17-10-4-5-18(15,16)7-10/h2-3,6,8,10H,4-5,7,14H2,1H3/t8-,10?/m0/s1. The van der Waals surface area contributed by atoms with E-state index in [-0.39, 0.29) is 17.5 Å². The van der Waals surface area contributed by atoms with Crippen LogP contribution in [0, 0.1) is 5.82 Å². The van der Waals surface area contributed by atoms with Crippen molar-refractivity contribution in [2.24, 2.45) is 5.73 Å². The predicted molar refractivity (Wildman–Crippen MR) is 66.7 cm³/mol. The molecule has 0 aromatic heterocycles. The maximum absolute atomic E-state index is 13.2. The lowest BCUT2D eigenvalue weighted by Gasteiger charge is -2.17. The zero-order chi connectivity index (χ0) is 13.3. The summed E-state index contributed by atoms with van der Waals surface area (Å²) in [6.07, 6.45) is 0.0336. The fourth-order valence-electron chi connectivity index (χ4n) is 2.02. The molecular weight excluding hydrogens is 257 g/mol. The van der Waals surface area contributed by atoms with Crippen LogP contribution in [0.3, 0.4) is 0 Å². The largest absolute Gasteiger partial charge is 0.489 e. The van der Waals surface area contributed by atoms with Gasteiger partial charge in [0.15, 0.2) is 9.84 Å². The molecule has 1 aromatic rings. The third-order valence-electron chi connectivity index (χ3n) is 2.95. The Balaban J connectivity index is 2.21. The normalized spacial score (nSPS) is 23.8. The van der Waals surface area contributed by atoms with E-state index in [1.165, 1.54) is 12.1 Å². The molecule has 4 nitrogen and oxygen atoms in total. The van der Waals surface area contributed by atoms with E-state index in [0.717, 1.165) is 0 Å². The van der Waals surface area contributed by atoms with Crippen LogP contribution in [0.2, 0.25) is 0 Å². The van der Waals surface area contributed by atoms with Crippen molar-refractivity contribution in [1.29, 1.82) is 0 Å². The van der Waals surface area contributed by atoms with E-state index < -0.39 is 21.8 Å². The molecule has 0 aliphatic carbocycles. The van der Waals surface area contributed by atoms with Crippen LogP contribution in [0.1, 0.15) is 24.9 Å². The van der Waals surface area contributed by atoms with Crippen LogP contribution in [0.4, 0.5) is 4.39 Å². The lowest BCUT2D eigenvalue weighted by molar-refractivity contribution is 0.225. The van der Waals surface area contributed by atoms with E-state index >= 15 is 0 Å². The number of hydrogen-bond acceptors (Lipinski definition) is 4. The first-order valence-electron chi connectivity index (χ1n) is 5.79. The van der Waals surface area contributed by atoms with Crippen LogP contribution in [0.25, 0.3) is 0 Å². The highest BCUT2D eigenvalue weighted by Gasteiger charge is 2.30. The maximum Gasteiger partial charge on any atom is 0.154 e. The lowest BCUT2D eigenvalue weighted by Crippen LogP contribution is -2.19. The molecule has 0 saturated carbocycles. The molecule has 2 atom stereocenters. The summed E-state index contributed by atoms with van der Waals surface area (Å²) in [6.45, 7) is 1.77. The zero-order valence-corrected chi connectivity index (χ0v) is 10.9. The summed E-state index contributed by atoms with van der Waals surface area (Å²) in [4.78, 5) is 0. The van der Waals surface area contributed by atoms with E-state index in [2.05, 4.69) is 0 Å². The number of benzene rings is 1. The zero-order valence-electron chi connectivity index (χ0n) is 10.1. The van der Waals surface area contributed by atoms with Gasteiger partial charge in [0, 0.05) is 17.7 Å². The first-order valence-corrected chi connectivity index (χ1v) is 7.61. The van der Waals surface area contributed by atoms with Gasteiger partial charge in [0.25, 0.3) is 0 Å². The number of hydrogen-bond donors (Lipinski definition) is 1. The molecule has 2 rings (SSSR count). The molecule has 2 N–H and O–H groups in total. The summed E-state index contributed by atoms with van der Waals surface area (Å²) in [7, 11) is -3.01. The van der Waals surface area contributed by atoms with Gasteiger partial charge in [-0.2, -0.15) is 0 Å². The average molecular weight is 273 g/mol. The second-order valence-electron chi connectivity index (χ2n) is 4.61. The Morgan fingerprint density at radius 3 is 2.78 bits per heavy atom. The van der Waals surface area contributed by atoms with Crippen LogP contribution in [-0.4, -0.2) is 26.0 Å². The molecule has 1 unspecified atom stereocenters. The van der Waals surface area contributed by atoms with Crippen molar-refractivity contribution in [3.8, 4) is 5.75 Å². The topological polar surface area (TPSA) is 69.4 Å². The van der Waals surface area contributed by atoms with E-state index in [9.17, 15) is 12.8 Å². The molecule has 0 amide bonds. The molecule has 100 valence electrons. The minimum Gasteiger partial charge on any atom is -0.489 e. The molecule has 1 heterocycles. The summed E-state index contributed by atoms with van der Waals surface area (Å²) in [5.74, 6) is 0.0323. The van der Waals surface area contributed by atoms with Crippen LogP contribution in [0.15, 0.2) is 18.2 Å². The lowest BCUT2D eigenvalue weighted by atomic mass is 10.1. The van der Waals surface area contributed by atoms with Crippen molar-refractivity contribution >= 4 is 9.84 Å². The van der Waals surface area contributed by atoms with Gasteiger partial charge in [-0.25, -0.2) is 12.8 Å². The monoisotopic (exact) mass is 273 g/mol. The van der Waals surface area contributed by atoms with Gasteiger partial charge in [0.2, 0.25) is 0 Å². The molecule has 0 spiro atoms. The number of sulfone groups is 1. The second-order valence-corrected chi connectivity index (χ2v) is 6.84. The highest BCUT2D eigenvalue weighted by molar-refractivity contribution is 7.91. The fourth-order valence-corrected chi connectivity index (χ4v) is 3.61. The van der Waals surface area contributed by atoms with Crippen molar-refractivity contribution in [3.63, 3.8) is 0 Å². The molecule has 6 heteroatoms. The molecule has 0 radical (unpaired) electrons. The third kappa shape index (κ3) is 3.00. The van der Waals surface area contributed by atoms with Crippen molar-refractivity contribution in [2.75, 3.05) is 11.5 Å². The fraction of sp³-hybridized carbons (Fsp3) is 0.500. The highest BCUT2D eigenvalue weighted by Crippen LogP contribution is 2.28. The molecule has 18 heavy (non-hydrogen) atoms. The summed E-state index contributed by atoms with van der Waals surface area (Å²) in [5.41, 5.74) is 6.45. The van der Waals surface area contributed by atoms with Gasteiger partial charge >= 0.3 is 0 Å². The van der Waals surface area contributed by atoms with Gasteiger partial charge in [-0.3, -0.25) is 0 Å². The first-order chi connectivity index (χ1) is 8.37. The number of nitrogens with two attached hydrogens (primary N) is 1. The van der Waals surface area contributed by atoms with Gasteiger partial charge in [0.1, 0.15) is 17.7 Å². The number of halogens is 1. The minimum atomic E-state index is -3.01. The quantitative estimate of drug-likeness (QED) is 0.904. The summed E-state index contributed by atoms with van der Waals surface area (Å²) < 4.78 is 41.5. The van der Waals surface area contributed by atoms with Gasteiger partial charge in [-0.1, -0.05) is 6.07 Å². The predicted octanol–water partition coefficient (Wildman–Crippen LogP) is 1.41. The Morgan fingerprint density at radius 1 is 1.50 bits per heavy atom. The van der Waals surface area contributed by atoms with Crippen LogP contribution >= 0.6 is 0 Å². The number of ether oxygens (including phenoxy) is 1. The molecule has 1 aliphatic rings. The van der Waals surface area contributed by atoms with E-state index in [1.807, 2.05) is 0 Å². The third-order valence-corrected chi connectivity index (χ3v) is 4.69. The van der Waals surface area contributed by atoms with Crippen molar-refractivity contribution in [2.45, 2.75) is 25.5 Å². The molecule has 1 saturated heterocycles. The summed E-state index contributed by atoms with van der Waals surface area (Å²) >= 11 is 0. The maximum atomic E-state index is 13.2. The van der Waals surface area contributed by atoms with Gasteiger partial charge in [-0.05, 0) is 19.4 Å². The van der Waals surface area contributed by atoms with E-state index in [0.29, 0.717) is 17.7 Å². The Morgan fingerprint density at radius 2 is 2.22 bits per heavy atom. The Hall–Kier alpha value is -1.14. The Bertz CT molecular complexity index is 542. The van der Waals surface area contributed by atoms with Gasteiger partial charge in [0.05, 0.1) is 11.5 Å². The van der Waals surface area contributed by atoms with Crippen molar-refractivity contribution in [3.05, 3.63) is 29.6 Å². The van der Waals surface area contributed by atoms with Crippen LogP contribution in [-0.2, 0) is 9.84 Å². The van der Waals surface area contributed by atoms with Crippen LogP contribution in [0.5, 0.6) is 5.75 Å². The van der Waals surface area contributed by atoms with E-state index in [4.69, 9.17) is 10.5 Å². The smallest absolute Gasteiger partial charge is 0.154 e. The van der Waals surface area contributed by atoms with E-state index in [1.54, 1.807) is 13.0 Å². The minimum absolute atomic E-state index is 0.0120. The summed E-state index contributed by atoms with van der Waals surface area (Å²) in [5, 5.41) is 0. The Labute approximate surface area is 106 Å². The van der Waals surface area contributed by atoms with Crippen molar-refractivity contribution in [1.82, 2.24) is 0 Å². The summed E-state index contributed by atoms with van der Waals surface area (Å²) in [6, 6.07) is 3.85. The van der Waals surface area contributed by atoms with Crippen LogP contribution < -0.4 is 10.5 Å². The highest BCUT2D eigenvalue weighted by atomic mass is 32.2. The molecular formula is C12H16FNO3S. The first kappa shape index (κ1) is 13.3. The Kier molecular flexibility index (Phi) is 3.59. The van der Waals surface area contributed by atoms with Gasteiger partial charge in [-0.15, -0.1) is 0 Å². The molecule has 0 bridgehead atoms. The molecule has 1 aliphatic heterocycles. The second kappa shape index (κ2) is 4.85. The van der Waals surface area contributed by atoms with Gasteiger partial charge < -0.3 is 10.5 Å².